The molecule has 0 aromatic heterocycles. The van der Waals surface area contributed by atoms with Crippen molar-refractivity contribution in [2.45, 2.75) is 26.8 Å². The quantitative estimate of drug-likeness (QED) is 0.944. The molecule has 1 heterocycles. The number of amides is 1. The highest BCUT2D eigenvalue weighted by atomic mass is 16.7. The molecule has 0 bridgehead atoms. The highest BCUT2D eigenvalue weighted by molar-refractivity contribution is 5.79. The predicted molar refractivity (Wildman–Crippen MR) is 84.0 cm³/mol. The second kappa shape index (κ2) is 6.10. The molecule has 0 radical (unpaired) electrons. The van der Waals surface area contributed by atoms with Crippen molar-refractivity contribution in [3.63, 3.8) is 0 Å². The Labute approximate surface area is 130 Å². The van der Waals surface area contributed by atoms with Crippen molar-refractivity contribution < 1.29 is 14.3 Å². The summed E-state index contributed by atoms with van der Waals surface area (Å²) < 4.78 is 10.6. The van der Waals surface area contributed by atoms with Crippen molar-refractivity contribution in [3.8, 4) is 11.5 Å². The van der Waals surface area contributed by atoms with Gasteiger partial charge in [0.15, 0.2) is 11.5 Å². The highest BCUT2D eigenvalue weighted by Crippen LogP contribution is 2.32. The van der Waals surface area contributed by atoms with Crippen molar-refractivity contribution in [1.82, 2.24) is 5.32 Å². The third-order valence-corrected chi connectivity index (χ3v) is 3.78. The fourth-order valence-electron chi connectivity index (χ4n) is 2.48. The van der Waals surface area contributed by atoms with Gasteiger partial charge in [0.1, 0.15) is 0 Å². The van der Waals surface area contributed by atoms with E-state index in [1.165, 1.54) is 5.56 Å². The van der Waals surface area contributed by atoms with Crippen LogP contribution in [0.25, 0.3) is 0 Å². The van der Waals surface area contributed by atoms with Crippen LogP contribution in [0.2, 0.25) is 0 Å². The first-order valence-corrected chi connectivity index (χ1v) is 7.33. The monoisotopic (exact) mass is 297 g/mol. The van der Waals surface area contributed by atoms with E-state index in [1.54, 1.807) is 0 Å². The molecule has 4 heteroatoms. The van der Waals surface area contributed by atoms with Crippen LogP contribution in [0.5, 0.6) is 11.5 Å². The first-order chi connectivity index (χ1) is 10.6. The lowest BCUT2D eigenvalue weighted by Gasteiger charge is -2.09. The molecule has 2 aromatic carbocycles. The lowest BCUT2D eigenvalue weighted by molar-refractivity contribution is -0.120. The third-order valence-electron chi connectivity index (χ3n) is 3.78. The van der Waals surface area contributed by atoms with E-state index < -0.39 is 0 Å². The van der Waals surface area contributed by atoms with Crippen LogP contribution in [-0.2, 0) is 17.8 Å². The average molecular weight is 297 g/mol. The van der Waals surface area contributed by atoms with Crippen LogP contribution < -0.4 is 14.8 Å². The van der Waals surface area contributed by atoms with E-state index in [0.29, 0.717) is 13.0 Å². The summed E-state index contributed by atoms with van der Waals surface area (Å²) in [6, 6.07) is 11.9. The van der Waals surface area contributed by atoms with E-state index in [4.69, 9.17) is 9.47 Å². The van der Waals surface area contributed by atoms with Crippen LogP contribution in [0.3, 0.4) is 0 Å². The molecule has 1 aliphatic rings. The van der Waals surface area contributed by atoms with Crippen LogP contribution in [-0.4, -0.2) is 12.7 Å². The number of hydrogen-bond donors (Lipinski definition) is 1. The van der Waals surface area contributed by atoms with E-state index >= 15 is 0 Å². The van der Waals surface area contributed by atoms with Gasteiger partial charge in [-0.3, -0.25) is 4.79 Å². The molecule has 0 unspecified atom stereocenters. The molecule has 3 rings (SSSR count). The molecule has 2 aromatic rings. The number of fused-ring (bicyclic) bond motifs is 1. The molecule has 0 spiro atoms. The van der Waals surface area contributed by atoms with Crippen molar-refractivity contribution in [2.75, 3.05) is 6.79 Å². The number of ether oxygens (including phenoxy) is 2. The van der Waals surface area contributed by atoms with E-state index in [2.05, 4.69) is 23.5 Å². The number of benzene rings is 2. The highest BCUT2D eigenvalue weighted by Gasteiger charge is 2.13. The first-order valence-electron chi connectivity index (χ1n) is 7.33. The SMILES string of the molecule is Cc1ccc(C)c(CC(=O)NCc2ccc3c(c2)OCO3)c1. The normalized spacial score (nSPS) is 12.3. The van der Waals surface area contributed by atoms with Gasteiger partial charge in [0.2, 0.25) is 12.7 Å². The summed E-state index contributed by atoms with van der Waals surface area (Å²) in [4.78, 5) is 12.1. The standard InChI is InChI=1S/C18H19NO3/c1-12-3-4-13(2)15(7-12)9-18(20)19-10-14-5-6-16-17(8-14)22-11-21-16/h3-8H,9-11H2,1-2H3,(H,19,20). The Morgan fingerprint density at radius 2 is 1.91 bits per heavy atom. The second-order valence-electron chi connectivity index (χ2n) is 5.57. The van der Waals surface area contributed by atoms with Gasteiger partial charge in [-0.05, 0) is 42.7 Å². The number of nitrogens with one attached hydrogen (secondary N) is 1. The molecule has 1 N–H and O–H groups in total. The van der Waals surface area contributed by atoms with Crippen LogP contribution >= 0.6 is 0 Å². The van der Waals surface area contributed by atoms with Gasteiger partial charge in [0.25, 0.3) is 0 Å². The van der Waals surface area contributed by atoms with Crippen LogP contribution in [0.1, 0.15) is 22.3 Å². The number of rotatable bonds is 4. The van der Waals surface area contributed by atoms with Gasteiger partial charge < -0.3 is 14.8 Å². The zero-order chi connectivity index (χ0) is 15.5. The Balaban J connectivity index is 1.59. The van der Waals surface area contributed by atoms with Crippen LogP contribution in [0.15, 0.2) is 36.4 Å². The van der Waals surface area contributed by atoms with E-state index in [9.17, 15) is 4.79 Å². The molecule has 4 nitrogen and oxygen atoms in total. The summed E-state index contributed by atoms with van der Waals surface area (Å²) in [7, 11) is 0. The summed E-state index contributed by atoms with van der Waals surface area (Å²) in [6.45, 7) is 4.81. The summed E-state index contributed by atoms with van der Waals surface area (Å²) in [5.74, 6) is 1.51. The van der Waals surface area contributed by atoms with Gasteiger partial charge >= 0.3 is 0 Å². The Hall–Kier alpha value is -2.49. The lowest BCUT2D eigenvalue weighted by atomic mass is 10.0. The zero-order valence-electron chi connectivity index (χ0n) is 12.8. The molecular formula is C18H19NO3. The summed E-state index contributed by atoms with van der Waals surface area (Å²) in [5.41, 5.74) is 4.38. The molecule has 0 fully saturated rings. The second-order valence-corrected chi connectivity index (χ2v) is 5.57. The Kier molecular flexibility index (Phi) is 4.00. The minimum Gasteiger partial charge on any atom is -0.454 e. The summed E-state index contributed by atoms with van der Waals surface area (Å²) in [6.07, 6.45) is 0.401. The average Bonchev–Trinajstić information content (AvgIpc) is 2.96. The van der Waals surface area contributed by atoms with Crippen molar-refractivity contribution in [2.24, 2.45) is 0 Å². The van der Waals surface area contributed by atoms with Gasteiger partial charge in [0, 0.05) is 6.54 Å². The third kappa shape index (κ3) is 3.22. The van der Waals surface area contributed by atoms with Crippen LogP contribution in [0.4, 0.5) is 0 Å². The summed E-state index contributed by atoms with van der Waals surface area (Å²) >= 11 is 0. The fraction of sp³-hybridized carbons (Fsp3) is 0.278. The minimum absolute atomic E-state index is 0.0198. The fourth-order valence-corrected chi connectivity index (χ4v) is 2.48. The maximum atomic E-state index is 12.1. The maximum Gasteiger partial charge on any atom is 0.231 e. The van der Waals surface area contributed by atoms with Gasteiger partial charge in [0.05, 0.1) is 6.42 Å². The smallest absolute Gasteiger partial charge is 0.231 e. The molecule has 0 saturated heterocycles. The zero-order valence-corrected chi connectivity index (χ0v) is 12.8. The molecule has 0 aliphatic carbocycles. The van der Waals surface area contributed by atoms with Gasteiger partial charge in [-0.25, -0.2) is 0 Å². The first kappa shape index (κ1) is 14.4. The van der Waals surface area contributed by atoms with Crippen LogP contribution in [0, 0.1) is 13.8 Å². The molecule has 1 amide bonds. The largest absolute Gasteiger partial charge is 0.454 e. The van der Waals surface area contributed by atoms with Crippen molar-refractivity contribution >= 4 is 5.91 Å². The molecular weight excluding hydrogens is 278 g/mol. The van der Waals surface area contributed by atoms with E-state index in [-0.39, 0.29) is 12.7 Å². The molecule has 1 aliphatic heterocycles. The maximum absolute atomic E-state index is 12.1. The van der Waals surface area contributed by atoms with Gasteiger partial charge in [-0.15, -0.1) is 0 Å². The molecule has 114 valence electrons. The predicted octanol–water partition coefficient (Wildman–Crippen LogP) is 2.89. The minimum atomic E-state index is 0.0198. The van der Waals surface area contributed by atoms with E-state index in [1.807, 2.05) is 32.0 Å². The molecule has 0 atom stereocenters. The number of carbonyl (C=O) groups excluding carboxylic acids is 1. The number of hydrogen-bond acceptors (Lipinski definition) is 3. The van der Waals surface area contributed by atoms with Gasteiger partial charge in [-0.2, -0.15) is 0 Å². The lowest BCUT2D eigenvalue weighted by Crippen LogP contribution is -2.24. The van der Waals surface area contributed by atoms with Crippen molar-refractivity contribution in [1.29, 1.82) is 0 Å². The summed E-state index contributed by atoms with van der Waals surface area (Å²) in [5, 5.41) is 2.95. The van der Waals surface area contributed by atoms with Crippen molar-refractivity contribution in [3.05, 3.63) is 58.7 Å². The Morgan fingerprint density at radius 3 is 2.77 bits per heavy atom. The van der Waals surface area contributed by atoms with E-state index in [0.717, 1.165) is 28.2 Å². The number of carbonyl (C=O) groups is 1. The topological polar surface area (TPSA) is 47.6 Å². The number of aryl methyl sites for hydroxylation is 2. The molecule has 22 heavy (non-hydrogen) atoms. The Morgan fingerprint density at radius 1 is 1.09 bits per heavy atom. The van der Waals surface area contributed by atoms with Gasteiger partial charge in [-0.1, -0.05) is 29.8 Å². The Bertz CT molecular complexity index is 709. The molecule has 0 saturated carbocycles.